The lowest BCUT2D eigenvalue weighted by Gasteiger charge is -2.27. The van der Waals surface area contributed by atoms with E-state index in [0.717, 1.165) is 41.4 Å². The summed E-state index contributed by atoms with van der Waals surface area (Å²) < 4.78 is 0. The molecular weight excluding hydrogens is 280 g/mol. The van der Waals surface area contributed by atoms with Crippen molar-refractivity contribution in [3.63, 3.8) is 0 Å². The predicted molar refractivity (Wildman–Crippen MR) is 80.2 cm³/mol. The van der Waals surface area contributed by atoms with Gasteiger partial charge in [-0.25, -0.2) is 0 Å². The first-order chi connectivity index (χ1) is 9.02. The van der Waals surface area contributed by atoms with Crippen LogP contribution in [0.5, 0.6) is 0 Å². The highest BCUT2D eigenvalue weighted by Gasteiger charge is 2.43. The molecule has 19 heavy (non-hydrogen) atoms. The van der Waals surface area contributed by atoms with E-state index in [1.165, 1.54) is 0 Å². The number of primary amides is 1. The monoisotopic (exact) mass is 298 g/mol. The minimum atomic E-state index is -0.797. The second-order valence-electron chi connectivity index (χ2n) is 5.09. The summed E-state index contributed by atoms with van der Waals surface area (Å²) in [5, 5.41) is 0.746. The van der Waals surface area contributed by atoms with Crippen LogP contribution in [0, 0.1) is 5.92 Å². The second kappa shape index (κ2) is 6.16. The number of thioether (sulfide) groups is 1. The van der Waals surface area contributed by atoms with E-state index >= 15 is 0 Å². The average Bonchev–Trinajstić information content (AvgIpc) is 2.73. The third-order valence-electron chi connectivity index (χ3n) is 3.86. The Hall–Kier alpha value is -0.710. The van der Waals surface area contributed by atoms with E-state index < -0.39 is 5.54 Å². The first-order valence-corrected chi connectivity index (χ1v) is 7.86. The zero-order chi connectivity index (χ0) is 13.9. The van der Waals surface area contributed by atoms with Crippen molar-refractivity contribution in [2.45, 2.75) is 36.1 Å². The molecule has 4 N–H and O–H groups in total. The van der Waals surface area contributed by atoms with Gasteiger partial charge in [-0.2, -0.15) is 0 Å². The molecule has 1 aliphatic carbocycles. The first kappa shape index (κ1) is 14.7. The largest absolute Gasteiger partial charge is 0.368 e. The fourth-order valence-electron chi connectivity index (χ4n) is 2.70. The molecule has 0 heterocycles. The molecule has 0 aliphatic heterocycles. The van der Waals surface area contributed by atoms with E-state index in [1.54, 1.807) is 11.8 Å². The highest BCUT2D eigenvalue weighted by atomic mass is 35.5. The number of carbonyl (C=O) groups excluding carboxylic acids is 1. The topological polar surface area (TPSA) is 69.1 Å². The Bertz CT molecular complexity index is 469. The van der Waals surface area contributed by atoms with Gasteiger partial charge in [-0.15, -0.1) is 11.8 Å². The summed E-state index contributed by atoms with van der Waals surface area (Å²) in [6, 6.07) is 7.79. The van der Waals surface area contributed by atoms with Crippen molar-refractivity contribution in [1.29, 1.82) is 0 Å². The summed E-state index contributed by atoms with van der Waals surface area (Å²) in [5.41, 5.74) is 10.8. The molecule has 1 aromatic rings. The molecule has 0 bridgehead atoms. The molecule has 1 amide bonds. The quantitative estimate of drug-likeness (QED) is 0.821. The van der Waals surface area contributed by atoms with Crippen LogP contribution >= 0.6 is 23.4 Å². The van der Waals surface area contributed by atoms with Crippen molar-refractivity contribution in [3.05, 3.63) is 29.3 Å². The summed E-state index contributed by atoms with van der Waals surface area (Å²) >= 11 is 7.69. The van der Waals surface area contributed by atoms with Crippen molar-refractivity contribution >= 4 is 29.3 Å². The number of nitrogens with two attached hydrogens (primary N) is 2. The Labute approximate surface area is 123 Å². The molecule has 0 spiro atoms. The fourth-order valence-corrected chi connectivity index (χ4v) is 3.98. The summed E-state index contributed by atoms with van der Waals surface area (Å²) in [7, 11) is 0. The van der Waals surface area contributed by atoms with Gasteiger partial charge >= 0.3 is 0 Å². The number of hydrogen-bond acceptors (Lipinski definition) is 3. The maximum Gasteiger partial charge on any atom is 0.237 e. The molecule has 2 rings (SSSR count). The third kappa shape index (κ3) is 3.44. The van der Waals surface area contributed by atoms with Gasteiger partial charge in [0.15, 0.2) is 0 Å². The number of hydrogen-bond donors (Lipinski definition) is 2. The normalized spacial score (nSPS) is 26.5. The van der Waals surface area contributed by atoms with Gasteiger partial charge in [0.2, 0.25) is 5.91 Å². The molecule has 1 saturated carbocycles. The van der Waals surface area contributed by atoms with Crippen molar-refractivity contribution in [2.75, 3.05) is 5.75 Å². The van der Waals surface area contributed by atoms with Crippen LogP contribution in [0.3, 0.4) is 0 Å². The van der Waals surface area contributed by atoms with Crippen molar-refractivity contribution in [1.82, 2.24) is 0 Å². The number of rotatable bonds is 5. The molecular formula is C14H19ClN2OS. The third-order valence-corrected chi connectivity index (χ3v) is 5.12. The Morgan fingerprint density at radius 3 is 3.00 bits per heavy atom. The van der Waals surface area contributed by atoms with Gasteiger partial charge in [-0.05, 0) is 49.1 Å². The molecule has 0 saturated heterocycles. The van der Waals surface area contributed by atoms with E-state index in [4.69, 9.17) is 23.1 Å². The summed E-state index contributed by atoms with van der Waals surface area (Å²) in [5.74, 6) is 0.775. The smallest absolute Gasteiger partial charge is 0.237 e. The molecule has 2 atom stereocenters. The maximum atomic E-state index is 11.5. The highest BCUT2D eigenvalue weighted by Crippen LogP contribution is 2.37. The summed E-state index contributed by atoms with van der Waals surface area (Å²) in [6.07, 6.45) is 3.62. The van der Waals surface area contributed by atoms with Crippen molar-refractivity contribution < 1.29 is 4.79 Å². The van der Waals surface area contributed by atoms with Gasteiger partial charge < -0.3 is 11.5 Å². The Kier molecular flexibility index (Phi) is 4.76. The van der Waals surface area contributed by atoms with Gasteiger partial charge in [0.05, 0.1) is 5.54 Å². The summed E-state index contributed by atoms with van der Waals surface area (Å²) in [4.78, 5) is 12.6. The van der Waals surface area contributed by atoms with Crippen molar-refractivity contribution in [2.24, 2.45) is 17.4 Å². The molecule has 5 heteroatoms. The molecule has 3 nitrogen and oxygen atoms in total. The van der Waals surface area contributed by atoms with Crippen LogP contribution in [0.25, 0.3) is 0 Å². The summed E-state index contributed by atoms with van der Waals surface area (Å²) in [6.45, 7) is 0. The van der Waals surface area contributed by atoms with E-state index in [1.807, 2.05) is 24.3 Å². The molecule has 1 aliphatic rings. The van der Waals surface area contributed by atoms with Crippen LogP contribution < -0.4 is 11.5 Å². The standard InChI is InChI=1S/C14H19ClN2OS/c15-11-4-1-5-12(9-11)19-8-6-10-3-2-7-14(10,17)13(16)18/h1,4-5,9-10H,2-3,6-8,17H2,(H2,16,18). The van der Waals surface area contributed by atoms with Gasteiger partial charge in [-0.1, -0.05) is 24.1 Å². The van der Waals surface area contributed by atoms with Crippen LogP contribution in [-0.4, -0.2) is 17.2 Å². The van der Waals surface area contributed by atoms with Crippen LogP contribution in [0.2, 0.25) is 5.02 Å². The van der Waals surface area contributed by atoms with E-state index in [-0.39, 0.29) is 11.8 Å². The molecule has 1 aromatic carbocycles. The Balaban J connectivity index is 1.87. The molecule has 0 radical (unpaired) electrons. The predicted octanol–water partition coefficient (Wildman–Crippen LogP) is 2.81. The first-order valence-electron chi connectivity index (χ1n) is 6.49. The lowest BCUT2D eigenvalue weighted by Crippen LogP contribution is -2.54. The lowest BCUT2D eigenvalue weighted by molar-refractivity contribution is -0.124. The molecule has 0 aromatic heterocycles. The Morgan fingerprint density at radius 1 is 1.53 bits per heavy atom. The molecule has 2 unspecified atom stereocenters. The molecule has 1 fully saturated rings. The van der Waals surface area contributed by atoms with E-state index in [2.05, 4.69) is 0 Å². The minimum absolute atomic E-state index is 0.205. The van der Waals surface area contributed by atoms with Crippen molar-refractivity contribution in [3.8, 4) is 0 Å². The zero-order valence-corrected chi connectivity index (χ0v) is 12.3. The number of amides is 1. The van der Waals surface area contributed by atoms with Gasteiger partial charge in [0.1, 0.15) is 0 Å². The van der Waals surface area contributed by atoms with E-state index in [9.17, 15) is 4.79 Å². The van der Waals surface area contributed by atoms with Crippen LogP contribution in [0.1, 0.15) is 25.7 Å². The zero-order valence-electron chi connectivity index (χ0n) is 10.8. The average molecular weight is 299 g/mol. The van der Waals surface area contributed by atoms with E-state index in [0.29, 0.717) is 0 Å². The number of benzene rings is 1. The van der Waals surface area contributed by atoms with Gasteiger partial charge in [0, 0.05) is 9.92 Å². The number of carbonyl (C=O) groups is 1. The maximum absolute atomic E-state index is 11.5. The number of halogens is 1. The highest BCUT2D eigenvalue weighted by molar-refractivity contribution is 7.99. The minimum Gasteiger partial charge on any atom is -0.368 e. The van der Waals surface area contributed by atoms with Crippen LogP contribution in [0.4, 0.5) is 0 Å². The SMILES string of the molecule is NC(=O)C1(N)CCCC1CCSc1cccc(Cl)c1. The van der Waals surface area contributed by atoms with Crippen LogP contribution in [0.15, 0.2) is 29.2 Å². The molecule has 104 valence electrons. The van der Waals surface area contributed by atoms with Gasteiger partial charge in [-0.3, -0.25) is 4.79 Å². The second-order valence-corrected chi connectivity index (χ2v) is 6.69. The van der Waals surface area contributed by atoms with Crippen LogP contribution in [-0.2, 0) is 4.79 Å². The fraction of sp³-hybridized carbons (Fsp3) is 0.500. The Morgan fingerprint density at radius 2 is 2.32 bits per heavy atom. The van der Waals surface area contributed by atoms with Gasteiger partial charge in [0.25, 0.3) is 0 Å². The lowest BCUT2D eigenvalue weighted by atomic mass is 9.85.